The predicted octanol–water partition coefficient (Wildman–Crippen LogP) is 2.16. The van der Waals surface area contributed by atoms with Crippen LogP contribution in [0.25, 0.3) is 0 Å². The van der Waals surface area contributed by atoms with Gasteiger partial charge in [-0.2, -0.15) is 0 Å². The van der Waals surface area contributed by atoms with Gasteiger partial charge in [0.2, 0.25) is 0 Å². The minimum absolute atomic E-state index is 0.107. The van der Waals surface area contributed by atoms with Crippen molar-refractivity contribution in [1.29, 1.82) is 0 Å². The van der Waals surface area contributed by atoms with Crippen molar-refractivity contribution in [2.45, 2.75) is 45.6 Å². The fraction of sp³-hybridized carbons (Fsp3) is 1.00. The molecular formula is C10H19N. The predicted molar refractivity (Wildman–Crippen MR) is 47.2 cm³/mol. The van der Waals surface area contributed by atoms with E-state index < -0.39 is 0 Å². The lowest BCUT2D eigenvalue weighted by Crippen LogP contribution is -2.54. The van der Waals surface area contributed by atoms with E-state index in [-0.39, 0.29) is 5.54 Å². The van der Waals surface area contributed by atoms with E-state index in [1.165, 1.54) is 19.3 Å². The molecule has 64 valence electrons. The maximum atomic E-state index is 6.34. The summed E-state index contributed by atoms with van der Waals surface area (Å²) in [5.74, 6) is 1.71. The van der Waals surface area contributed by atoms with Crippen LogP contribution < -0.4 is 5.73 Å². The Hall–Kier alpha value is -0.0400. The Morgan fingerprint density at radius 1 is 1.09 bits per heavy atom. The van der Waals surface area contributed by atoms with Gasteiger partial charge in [-0.1, -0.05) is 13.8 Å². The number of hydrogen-bond acceptors (Lipinski definition) is 1. The molecule has 2 rings (SSSR count). The van der Waals surface area contributed by atoms with Crippen LogP contribution in [0, 0.1) is 17.3 Å². The van der Waals surface area contributed by atoms with Gasteiger partial charge in [0.15, 0.2) is 0 Å². The number of rotatable bonds is 0. The number of fused-ring (bicyclic) bond motifs is 2. The van der Waals surface area contributed by atoms with Gasteiger partial charge in [-0.25, -0.2) is 0 Å². The molecule has 2 bridgehead atoms. The highest BCUT2D eigenvalue weighted by atomic mass is 14.9. The lowest BCUT2D eigenvalue weighted by atomic mass is 9.65. The zero-order valence-electron chi connectivity index (χ0n) is 7.85. The zero-order valence-corrected chi connectivity index (χ0v) is 7.85. The molecule has 1 nitrogen and oxygen atoms in total. The monoisotopic (exact) mass is 153 g/mol. The largest absolute Gasteiger partial charge is 0.325 e. The normalized spacial score (nSPS) is 53.5. The molecule has 2 aliphatic carbocycles. The summed E-state index contributed by atoms with van der Waals surface area (Å²) in [4.78, 5) is 0. The summed E-state index contributed by atoms with van der Waals surface area (Å²) < 4.78 is 0. The summed E-state index contributed by atoms with van der Waals surface area (Å²) in [7, 11) is 0. The molecule has 0 aliphatic heterocycles. The first kappa shape index (κ1) is 7.60. The molecule has 0 spiro atoms. The maximum absolute atomic E-state index is 6.34. The Labute approximate surface area is 69.4 Å². The van der Waals surface area contributed by atoms with E-state index in [4.69, 9.17) is 5.73 Å². The van der Waals surface area contributed by atoms with Gasteiger partial charge < -0.3 is 5.73 Å². The summed E-state index contributed by atoms with van der Waals surface area (Å²) >= 11 is 0. The fourth-order valence-electron chi connectivity index (χ4n) is 3.15. The lowest BCUT2D eigenvalue weighted by molar-refractivity contribution is 0.102. The molecule has 2 aliphatic rings. The van der Waals surface area contributed by atoms with Crippen LogP contribution in [0.3, 0.4) is 0 Å². The summed E-state index contributed by atoms with van der Waals surface area (Å²) in [5.41, 5.74) is 6.83. The van der Waals surface area contributed by atoms with Crippen molar-refractivity contribution in [3.63, 3.8) is 0 Å². The standard InChI is InChI=1S/C10H19N/c1-9(2)7-4-5-8(6-7)10(9,3)11/h7-8H,4-6,11H2,1-3H3/t7-,8?,10+/m0/s1. The van der Waals surface area contributed by atoms with Crippen molar-refractivity contribution >= 4 is 0 Å². The molecule has 3 atom stereocenters. The summed E-state index contributed by atoms with van der Waals surface area (Å²) in [5, 5.41) is 0. The molecule has 0 aromatic carbocycles. The SMILES string of the molecule is CC1(C)[C@H]2CCC(C2)[C@@]1(C)N. The van der Waals surface area contributed by atoms with Crippen LogP contribution in [-0.2, 0) is 0 Å². The Balaban J connectivity index is 2.36. The van der Waals surface area contributed by atoms with E-state index in [1.54, 1.807) is 0 Å². The van der Waals surface area contributed by atoms with Gasteiger partial charge in [-0.3, -0.25) is 0 Å². The van der Waals surface area contributed by atoms with Crippen molar-refractivity contribution in [2.24, 2.45) is 23.0 Å². The fourth-order valence-corrected chi connectivity index (χ4v) is 3.15. The summed E-state index contributed by atoms with van der Waals surface area (Å²) in [6.45, 7) is 6.94. The third-order valence-corrected chi connectivity index (χ3v) is 4.69. The maximum Gasteiger partial charge on any atom is 0.0208 e. The topological polar surface area (TPSA) is 26.0 Å². The molecule has 0 aromatic heterocycles. The highest BCUT2D eigenvalue weighted by Gasteiger charge is 2.58. The van der Waals surface area contributed by atoms with Gasteiger partial charge in [-0.15, -0.1) is 0 Å². The Morgan fingerprint density at radius 2 is 1.64 bits per heavy atom. The Kier molecular flexibility index (Phi) is 1.26. The minimum Gasteiger partial charge on any atom is -0.325 e. The first-order valence-corrected chi connectivity index (χ1v) is 4.75. The van der Waals surface area contributed by atoms with Gasteiger partial charge in [-0.05, 0) is 43.4 Å². The van der Waals surface area contributed by atoms with Crippen molar-refractivity contribution < 1.29 is 0 Å². The molecule has 2 N–H and O–H groups in total. The molecular weight excluding hydrogens is 134 g/mol. The van der Waals surface area contributed by atoms with Crippen molar-refractivity contribution in [3.8, 4) is 0 Å². The third kappa shape index (κ3) is 0.703. The van der Waals surface area contributed by atoms with Crippen LogP contribution in [-0.4, -0.2) is 5.54 Å². The van der Waals surface area contributed by atoms with Crippen LogP contribution >= 0.6 is 0 Å². The minimum atomic E-state index is 0.107. The molecule has 1 heteroatoms. The molecule has 0 heterocycles. The van der Waals surface area contributed by atoms with Gasteiger partial charge >= 0.3 is 0 Å². The molecule has 2 fully saturated rings. The van der Waals surface area contributed by atoms with E-state index >= 15 is 0 Å². The molecule has 1 unspecified atom stereocenters. The molecule has 0 aromatic rings. The smallest absolute Gasteiger partial charge is 0.0208 e. The molecule has 0 saturated heterocycles. The van der Waals surface area contributed by atoms with Crippen LogP contribution in [0.15, 0.2) is 0 Å². The second kappa shape index (κ2) is 1.82. The van der Waals surface area contributed by atoms with Crippen LogP contribution in [0.4, 0.5) is 0 Å². The molecule has 2 saturated carbocycles. The second-order valence-corrected chi connectivity index (χ2v) is 5.21. The van der Waals surface area contributed by atoms with Crippen LogP contribution in [0.2, 0.25) is 0 Å². The van der Waals surface area contributed by atoms with Gasteiger partial charge in [0.1, 0.15) is 0 Å². The van der Waals surface area contributed by atoms with Crippen molar-refractivity contribution in [3.05, 3.63) is 0 Å². The summed E-state index contributed by atoms with van der Waals surface area (Å²) in [6, 6.07) is 0. The molecule has 11 heavy (non-hydrogen) atoms. The third-order valence-electron chi connectivity index (χ3n) is 4.69. The zero-order chi connectivity index (χ0) is 8.28. The van der Waals surface area contributed by atoms with E-state index in [0.29, 0.717) is 5.41 Å². The Morgan fingerprint density at radius 3 is 1.91 bits per heavy atom. The van der Waals surface area contributed by atoms with Crippen molar-refractivity contribution in [1.82, 2.24) is 0 Å². The van der Waals surface area contributed by atoms with Crippen LogP contribution in [0.1, 0.15) is 40.0 Å². The van der Waals surface area contributed by atoms with Gasteiger partial charge in [0.25, 0.3) is 0 Å². The average molecular weight is 153 g/mol. The average Bonchev–Trinajstić information content (AvgIpc) is 2.37. The quantitative estimate of drug-likeness (QED) is 0.567. The van der Waals surface area contributed by atoms with E-state index in [9.17, 15) is 0 Å². The number of hydrogen-bond donors (Lipinski definition) is 1. The first-order valence-electron chi connectivity index (χ1n) is 4.75. The molecule has 0 amide bonds. The molecule has 0 radical (unpaired) electrons. The van der Waals surface area contributed by atoms with Crippen molar-refractivity contribution in [2.75, 3.05) is 0 Å². The van der Waals surface area contributed by atoms with Crippen LogP contribution in [0.5, 0.6) is 0 Å². The van der Waals surface area contributed by atoms with E-state index in [1.807, 2.05) is 0 Å². The van der Waals surface area contributed by atoms with Gasteiger partial charge in [0.05, 0.1) is 0 Å². The van der Waals surface area contributed by atoms with Gasteiger partial charge in [0, 0.05) is 5.54 Å². The highest BCUT2D eigenvalue weighted by Crippen LogP contribution is 2.59. The first-order chi connectivity index (χ1) is 4.96. The van der Waals surface area contributed by atoms with E-state index in [2.05, 4.69) is 20.8 Å². The lowest BCUT2D eigenvalue weighted by Gasteiger charge is -2.45. The second-order valence-electron chi connectivity index (χ2n) is 5.21. The summed E-state index contributed by atoms with van der Waals surface area (Å²) in [6.07, 6.45) is 4.19. The van der Waals surface area contributed by atoms with E-state index in [0.717, 1.165) is 11.8 Å². The number of nitrogens with two attached hydrogens (primary N) is 1. The highest BCUT2D eigenvalue weighted by molar-refractivity contribution is 5.12. The Bertz CT molecular complexity index is 161.